The maximum Gasteiger partial charge on any atom is 0.185 e. The minimum atomic E-state index is -1.67. The van der Waals surface area contributed by atoms with Gasteiger partial charge in [0.05, 0.1) is 30.2 Å². The van der Waals surface area contributed by atoms with E-state index in [2.05, 4.69) is 0 Å². The molecule has 5 heteroatoms. The normalized spacial score (nSPS) is 18.7. The molecule has 0 spiro atoms. The lowest BCUT2D eigenvalue weighted by Gasteiger charge is -1.98. The molecule has 0 bridgehead atoms. The topological polar surface area (TPSA) is 95.2 Å². The molecule has 1 saturated carbocycles. The van der Waals surface area contributed by atoms with Crippen LogP contribution in [0.25, 0.3) is 0 Å². The Labute approximate surface area is 103 Å². The molecule has 0 aliphatic heterocycles. The van der Waals surface area contributed by atoms with Crippen LogP contribution in [-0.4, -0.2) is 0 Å². The van der Waals surface area contributed by atoms with Crippen LogP contribution in [0, 0.1) is 62.0 Å². The number of hydrogen-bond donors (Lipinski definition) is 0. The van der Waals surface area contributed by atoms with E-state index in [-0.39, 0.29) is 0 Å². The first kappa shape index (κ1) is 11.6. The molecule has 0 aromatic heterocycles. The van der Waals surface area contributed by atoms with E-state index < -0.39 is 22.6 Å². The Bertz CT molecular complexity index is 597. The molecule has 0 saturated heterocycles. The minimum absolute atomic E-state index is 0.447. The third kappa shape index (κ3) is 1.08. The van der Waals surface area contributed by atoms with Gasteiger partial charge in [0.2, 0.25) is 0 Å². The van der Waals surface area contributed by atoms with E-state index in [0.29, 0.717) is 5.56 Å². The van der Waals surface area contributed by atoms with Crippen molar-refractivity contribution in [2.75, 3.05) is 0 Å². The fourth-order valence-corrected chi connectivity index (χ4v) is 2.29. The van der Waals surface area contributed by atoms with E-state index in [4.69, 9.17) is 21.0 Å². The van der Waals surface area contributed by atoms with Gasteiger partial charge >= 0.3 is 0 Å². The number of nitrogens with zero attached hydrogens (tertiary/aromatic N) is 4. The Morgan fingerprint density at radius 3 is 1.56 bits per heavy atom. The smallest absolute Gasteiger partial charge is 0.185 e. The second-order valence-electron chi connectivity index (χ2n) is 4.05. The average Bonchev–Trinajstić information content (AvgIpc) is 3.02. The molecule has 2 rings (SSSR count). The van der Waals surface area contributed by atoms with Crippen LogP contribution >= 0.6 is 0 Å². The van der Waals surface area contributed by atoms with Crippen LogP contribution in [0.2, 0.25) is 0 Å². The van der Waals surface area contributed by atoms with Crippen LogP contribution in [0.3, 0.4) is 0 Å². The number of rotatable bonds is 1. The molecule has 1 aromatic rings. The highest BCUT2D eigenvalue weighted by Crippen LogP contribution is 2.73. The second-order valence-corrected chi connectivity index (χ2v) is 4.05. The lowest BCUT2D eigenvalue weighted by atomic mass is 9.98. The summed E-state index contributed by atoms with van der Waals surface area (Å²) in [6.07, 6.45) is 0. The predicted octanol–water partition coefficient (Wildman–Crippen LogP) is 1.99. The summed E-state index contributed by atoms with van der Waals surface area (Å²) in [5, 5.41) is 36.4. The van der Waals surface area contributed by atoms with Crippen molar-refractivity contribution in [1.82, 2.24) is 0 Å². The summed E-state index contributed by atoms with van der Waals surface area (Å²) in [6.45, 7) is 0. The summed E-state index contributed by atoms with van der Waals surface area (Å²) in [6, 6.07) is 12.2. The Morgan fingerprint density at radius 1 is 0.833 bits per heavy atom. The van der Waals surface area contributed by atoms with Gasteiger partial charge in [-0.25, -0.2) is 4.39 Å². The standard InChI is InChI=1S/C13H5FN4/c14-10-3-1-9(2-4-10)11-12(5-15,6-16)13(11,7-17)8-18/h1-4,11H. The molecule has 0 radical (unpaired) electrons. The zero-order valence-corrected chi connectivity index (χ0v) is 9.05. The number of halogens is 1. The highest BCUT2D eigenvalue weighted by molar-refractivity contribution is 5.58. The molecule has 4 nitrogen and oxygen atoms in total. The molecule has 1 aliphatic rings. The van der Waals surface area contributed by atoms with Gasteiger partial charge in [-0.2, -0.15) is 21.0 Å². The van der Waals surface area contributed by atoms with Crippen molar-refractivity contribution in [2.24, 2.45) is 10.8 Å². The zero-order valence-electron chi connectivity index (χ0n) is 9.05. The van der Waals surface area contributed by atoms with Gasteiger partial charge in [0.25, 0.3) is 0 Å². The summed E-state index contributed by atoms with van der Waals surface area (Å²) in [7, 11) is 0. The van der Waals surface area contributed by atoms with Crippen molar-refractivity contribution in [2.45, 2.75) is 5.92 Å². The van der Waals surface area contributed by atoms with Crippen molar-refractivity contribution in [3.8, 4) is 24.3 Å². The first-order valence-electron chi connectivity index (χ1n) is 5.02. The van der Waals surface area contributed by atoms with Crippen LogP contribution in [0.5, 0.6) is 0 Å². The molecule has 0 N–H and O–H groups in total. The van der Waals surface area contributed by atoms with Gasteiger partial charge in [0, 0.05) is 0 Å². The third-order valence-corrected chi connectivity index (χ3v) is 3.31. The fourth-order valence-electron chi connectivity index (χ4n) is 2.29. The van der Waals surface area contributed by atoms with Crippen LogP contribution in [0.1, 0.15) is 11.5 Å². The van der Waals surface area contributed by atoms with E-state index in [1.165, 1.54) is 24.3 Å². The molecular formula is C13H5FN4. The fraction of sp³-hybridized carbons (Fsp3) is 0.231. The molecule has 0 heterocycles. The van der Waals surface area contributed by atoms with E-state index in [1.54, 1.807) is 24.3 Å². The Kier molecular flexibility index (Phi) is 2.29. The summed E-state index contributed by atoms with van der Waals surface area (Å²) >= 11 is 0. The molecule has 0 amide bonds. The Morgan fingerprint density at radius 2 is 1.22 bits per heavy atom. The monoisotopic (exact) mass is 236 g/mol. The van der Waals surface area contributed by atoms with E-state index in [1.807, 2.05) is 0 Å². The van der Waals surface area contributed by atoms with Crippen molar-refractivity contribution in [3.05, 3.63) is 35.6 Å². The number of hydrogen-bond acceptors (Lipinski definition) is 4. The molecule has 1 aliphatic carbocycles. The van der Waals surface area contributed by atoms with Crippen LogP contribution in [-0.2, 0) is 0 Å². The van der Waals surface area contributed by atoms with Gasteiger partial charge in [0.15, 0.2) is 10.8 Å². The maximum absolute atomic E-state index is 12.8. The first-order chi connectivity index (χ1) is 8.61. The first-order valence-corrected chi connectivity index (χ1v) is 5.02. The Balaban J connectivity index is 2.58. The van der Waals surface area contributed by atoms with Crippen LogP contribution in [0.4, 0.5) is 4.39 Å². The highest BCUT2D eigenvalue weighted by Gasteiger charge is 2.81. The molecular weight excluding hydrogens is 231 g/mol. The summed E-state index contributed by atoms with van der Waals surface area (Å²) in [5.41, 5.74) is -2.90. The van der Waals surface area contributed by atoms with Gasteiger partial charge in [-0.15, -0.1) is 0 Å². The second kappa shape index (κ2) is 3.56. The molecule has 18 heavy (non-hydrogen) atoms. The maximum atomic E-state index is 12.8. The quantitative estimate of drug-likeness (QED) is 0.744. The lowest BCUT2D eigenvalue weighted by molar-refractivity contribution is 0.626. The van der Waals surface area contributed by atoms with Crippen LogP contribution < -0.4 is 0 Å². The number of benzene rings is 1. The zero-order chi connectivity index (χ0) is 13.4. The Hall–Kier alpha value is -2.89. The van der Waals surface area contributed by atoms with Gasteiger partial charge in [-0.05, 0) is 17.7 Å². The van der Waals surface area contributed by atoms with Crippen molar-refractivity contribution in [3.63, 3.8) is 0 Å². The van der Waals surface area contributed by atoms with Gasteiger partial charge in [-0.3, -0.25) is 0 Å². The molecule has 1 fully saturated rings. The van der Waals surface area contributed by atoms with Gasteiger partial charge in [0.1, 0.15) is 5.82 Å². The van der Waals surface area contributed by atoms with E-state index in [9.17, 15) is 4.39 Å². The largest absolute Gasteiger partial charge is 0.207 e. The average molecular weight is 236 g/mol. The van der Waals surface area contributed by atoms with Crippen molar-refractivity contribution < 1.29 is 4.39 Å². The summed E-state index contributed by atoms with van der Waals surface area (Å²) in [4.78, 5) is 0. The van der Waals surface area contributed by atoms with E-state index in [0.717, 1.165) is 0 Å². The number of nitriles is 4. The summed E-state index contributed by atoms with van der Waals surface area (Å²) in [5.74, 6) is -1.28. The minimum Gasteiger partial charge on any atom is -0.207 e. The van der Waals surface area contributed by atoms with Crippen LogP contribution in [0.15, 0.2) is 24.3 Å². The third-order valence-electron chi connectivity index (χ3n) is 3.31. The molecule has 1 aromatic carbocycles. The SMILES string of the molecule is N#CC1(C#N)C(c2ccc(F)cc2)C1(C#N)C#N. The van der Waals surface area contributed by atoms with Crippen molar-refractivity contribution in [1.29, 1.82) is 21.0 Å². The molecule has 0 atom stereocenters. The van der Waals surface area contributed by atoms with Gasteiger partial charge in [-0.1, -0.05) is 12.1 Å². The van der Waals surface area contributed by atoms with E-state index >= 15 is 0 Å². The predicted molar refractivity (Wildman–Crippen MR) is 56.5 cm³/mol. The molecule has 0 unspecified atom stereocenters. The highest BCUT2D eigenvalue weighted by atomic mass is 19.1. The molecule has 84 valence electrons. The lowest BCUT2D eigenvalue weighted by Crippen LogP contribution is -2.05. The van der Waals surface area contributed by atoms with Crippen molar-refractivity contribution >= 4 is 0 Å². The van der Waals surface area contributed by atoms with Gasteiger partial charge < -0.3 is 0 Å². The summed E-state index contributed by atoms with van der Waals surface area (Å²) < 4.78 is 12.8.